The van der Waals surface area contributed by atoms with Crippen molar-refractivity contribution in [2.24, 2.45) is 5.92 Å². The molecule has 0 saturated carbocycles. The van der Waals surface area contributed by atoms with E-state index in [9.17, 15) is 4.79 Å². The Bertz CT molecular complexity index is 298. The quantitative estimate of drug-likeness (QED) is 0.688. The second-order valence-electron chi connectivity index (χ2n) is 3.17. The van der Waals surface area contributed by atoms with E-state index in [-0.39, 0.29) is 11.7 Å². The third-order valence-corrected chi connectivity index (χ3v) is 2.02. The van der Waals surface area contributed by atoms with Crippen LogP contribution in [0.2, 0.25) is 0 Å². The van der Waals surface area contributed by atoms with Crippen LogP contribution >= 0.6 is 0 Å². The second-order valence-corrected chi connectivity index (χ2v) is 3.17. The van der Waals surface area contributed by atoms with E-state index in [1.54, 1.807) is 6.92 Å². The van der Waals surface area contributed by atoms with E-state index >= 15 is 0 Å². The van der Waals surface area contributed by atoms with Crippen molar-refractivity contribution in [1.82, 2.24) is 0 Å². The molecule has 0 aliphatic rings. The van der Waals surface area contributed by atoms with E-state index in [1.165, 1.54) is 0 Å². The van der Waals surface area contributed by atoms with Crippen molar-refractivity contribution < 1.29 is 4.79 Å². The Hall–Kier alpha value is -1.37. The number of hydrogen-bond acceptors (Lipinski definition) is 1. The number of carbonyl (C=O) groups is 1. The topological polar surface area (TPSA) is 17.1 Å². The van der Waals surface area contributed by atoms with Crippen LogP contribution < -0.4 is 0 Å². The SMILES string of the molecule is CC(=O)[C@@H](C)/C=C/c1ccccc1. The minimum Gasteiger partial charge on any atom is -0.299 e. The maximum absolute atomic E-state index is 10.9. The first-order valence-electron chi connectivity index (χ1n) is 4.44. The van der Waals surface area contributed by atoms with Crippen molar-refractivity contribution in [1.29, 1.82) is 0 Å². The molecule has 0 heterocycles. The summed E-state index contributed by atoms with van der Waals surface area (Å²) in [6.07, 6.45) is 3.91. The Morgan fingerprint density at radius 3 is 2.46 bits per heavy atom. The molecule has 1 aromatic rings. The third kappa shape index (κ3) is 3.24. The maximum Gasteiger partial charge on any atom is 0.136 e. The summed E-state index contributed by atoms with van der Waals surface area (Å²) in [5.74, 6) is 0.215. The van der Waals surface area contributed by atoms with Crippen LogP contribution in [0.1, 0.15) is 19.4 Å². The van der Waals surface area contributed by atoms with Crippen molar-refractivity contribution in [3.8, 4) is 0 Å². The highest BCUT2D eigenvalue weighted by Crippen LogP contribution is 2.05. The van der Waals surface area contributed by atoms with Gasteiger partial charge in [-0.2, -0.15) is 0 Å². The number of hydrogen-bond donors (Lipinski definition) is 0. The Kier molecular flexibility index (Phi) is 3.44. The number of ketones is 1. The highest BCUT2D eigenvalue weighted by atomic mass is 16.1. The van der Waals surface area contributed by atoms with E-state index in [1.807, 2.05) is 49.4 Å². The van der Waals surface area contributed by atoms with Crippen LogP contribution in [0.5, 0.6) is 0 Å². The van der Waals surface area contributed by atoms with Crippen LogP contribution in [0.4, 0.5) is 0 Å². The van der Waals surface area contributed by atoms with Crippen molar-refractivity contribution in [3.05, 3.63) is 42.0 Å². The molecule has 0 fully saturated rings. The van der Waals surface area contributed by atoms with Gasteiger partial charge in [-0.3, -0.25) is 4.79 Å². The van der Waals surface area contributed by atoms with Crippen LogP contribution in [0.25, 0.3) is 6.08 Å². The smallest absolute Gasteiger partial charge is 0.136 e. The highest BCUT2D eigenvalue weighted by Gasteiger charge is 2.00. The first-order valence-corrected chi connectivity index (χ1v) is 4.44. The molecule has 0 N–H and O–H groups in total. The van der Waals surface area contributed by atoms with Gasteiger partial charge in [0.15, 0.2) is 0 Å². The fourth-order valence-corrected chi connectivity index (χ4v) is 0.955. The van der Waals surface area contributed by atoms with Gasteiger partial charge in [0.25, 0.3) is 0 Å². The van der Waals surface area contributed by atoms with E-state index in [4.69, 9.17) is 0 Å². The number of carbonyl (C=O) groups excluding carboxylic acids is 1. The Morgan fingerprint density at radius 2 is 1.92 bits per heavy atom. The van der Waals surface area contributed by atoms with E-state index < -0.39 is 0 Å². The lowest BCUT2D eigenvalue weighted by atomic mass is 10.1. The molecular formula is C12H14O. The van der Waals surface area contributed by atoms with Crippen molar-refractivity contribution >= 4 is 11.9 Å². The molecule has 0 spiro atoms. The van der Waals surface area contributed by atoms with Crippen LogP contribution in [0, 0.1) is 5.92 Å². The maximum atomic E-state index is 10.9. The lowest BCUT2D eigenvalue weighted by molar-refractivity contribution is -0.118. The zero-order chi connectivity index (χ0) is 9.68. The predicted molar refractivity (Wildman–Crippen MR) is 55.3 cm³/mol. The van der Waals surface area contributed by atoms with Gasteiger partial charge in [0.05, 0.1) is 0 Å². The van der Waals surface area contributed by atoms with Gasteiger partial charge in [0, 0.05) is 5.92 Å². The lowest BCUT2D eigenvalue weighted by Crippen LogP contribution is -2.01. The van der Waals surface area contributed by atoms with Gasteiger partial charge in [-0.05, 0) is 12.5 Å². The molecule has 0 amide bonds. The molecule has 0 aliphatic carbocycles. The standard InChI is InChI=1S/C12H14O/c1-10(11(2)13)8-9-12-6-4-3-5-7-12/h3-10H,1-2H3/b9-8+/t10-/m0/s1. The Balaban J connectivity index is 2.64. The number of benzene rings is 1. The molecule has 0 aliphatic heterocycles. The molecule has 1 heteroatoms. The van der Waals surface area contributed by atoms with Crippen molar-refractivity contribution in [2.75, 3.05) is 0 Å². The summed E-state index contributed by atoms with van der Waals surface area (Å²) in [6.45, 7) is 3.52. The van der Waals surface area contributed by atoms with Gasteiger partial charge >= 0.3 is 0 Å². The minimum atomic E-state index is 0.0141. The van der Waals surface area contributed by atoms with Gasteiger partial charge in [-0.15, -0.1) is 0 Å². The summed E-state index contributed by atoms with van der Waals surface area (Å²) in [4.78, 5) is 10.9. The Labute approximate surface area is 79.1 Å². The molecular weight excluding hydrogens is 160 g/mol. The van der Waals surface area contributed by atoms with Gasteiger partial charge in [-0.1, -0.05) is 49.4 Å². The third-order valence-electron chi connectivity index (χ3n) is 2.02. The molecule has 68 valence electrons. The zero-order valence-electron chi connectivity index (χ0n) is 8.03. The number of Topliss-reactive ketones (excluding diaryl/α,β-unsaturated/α-hetero) is 1. The van der Waals surface area contributed by atoms with Crippen LogP contribution in [-0.2, 0) is 4.79 Å². The van der Waals surface area contributed by atoms with Gasteiger partial charge in [0.2, 0.25) is 0 Å². The molecule has 0 radical (unpaired) electrons. The molecule has 1 nitrogen and oxygen atoms in total. The first kappa shape index (κ1) is 9.72. The average Bonchev–Trinajstić information content (AvgIpc) is 2.15. The minimum absolute atomic E-state index is 0.0141. The zero-order valence-corrected chi connectivity index (χ0v) is 8.03. The summed E-state index contributed by atoms with van der Waals surface area (Å²) in [5.41, 5.74) is 1.13. The van der Waals surface area contributed by atoms with E-state index in [2.05, 4.69) is 0 Å². The molecule has 0 aromatic heterocycles. The molecule has 1 rings (SSSR count). The monoisotopic (exact) mass is 174 g/mol. The molecule has 1 atom stereocenters. The average molecular weight is 174 g/mol. The number of rotatable bonds is 3. The van der Waals surface area contributed by atoms with E-state index in [0.29, 0.717) is 0 Å². The summed E-state index contributed by atoms with van der Waals surface area (Å²) in [5, 5.41) is 0. The van der Waals surface area contributed by atoms with E-state index in [0.717, 1.165) is 5.56 Å². The van der Waals surface area contributed by atoms with Gasteiger partial charge in [0.1, 0.15) is 5.78 Å². The summed E-state index contributed by atoms with van der Waals surface area (Å²) < 4.78 is 0. The van der Waals surface area contributed by atoms with Crippen molar-refractivity contribution in [3.63, 3.8) is 0 Å². The van der Waals surface area contributed by atoms with Crippen LogP contribution in [-0.4, -0.2) is 5.78 Å². The molecule has 1 aromatic carbocycles. The fraction of sp³-hybridized carbons (Fsp3) is 0.250. The van der Waals surface area contributed by atoms with Crippen molar-refractivity contribution in [2.45, 2.75) is 13.8 Å². The fourth-order valence-electron chi connectivity index (χ4n) is 0.955. The van der Waals surface area contributed by atoms with Gasteiger partial charge < -0.3 is 0 Å². The summed E-state index contributed by atoms with van der Waals surface area (Å²) in [7, 11) is 0. The molecule has 0 bridgehead atoms. The van der Waals surface area contributed by atoms with Crippen LogP contribution in [0.15, 0.2) is 36.4 Å². The summed E-state index contributed by atoms with van der Waals surface area (Å²) >= 11 is 0. The van der Waals surface area contributed by atoms with Crippen LogP contribution in [0.3, 0.4) is 0 Å². The number of allylic oxidation sites excluding steroid dienone is 1. The Morgan fingerprint density at radius 1 is 1.31 bits per heavy atom. The molecule has 13 heavy (non-hydrogen) atoms. The lowest BCUT2D eigenvalue weighted by Gasteiger charge is -1.98. The molecule has 0 unspecified atom stereocenters. The van der Waals surface area contributed by atoms with Gasteiger partial charge in [-0.25, -0.2) is 0 Å². The first-order chi connectivity index (χ1) is 6.20. The molecule has 0 saturated heterocycles. The second kappa shape index (κ2) is 4.61. The normalized spacial score (nSPS) is 13.1. The predicted octanol–water partition coefficient (Wildman–Crippen LogP) is 2.92. The largest absolute Gasteiger partial charge is 0.299 e. The summed E-state index contributed by atoms with van der Waals surface area (Å²) in [6, 6.07) is 9.98. The highest BCUT2D eigenvalue weighted by molar-refractivity contribution is 5.80.